The molecule has 0 aliphatic rings. The molecule has 20 heavy (non-hydrogen) atoms. The van der Waals surface area contributed by atoms with E-state index in [1.807, 2.05) is 0 Å². The smallest absolute Gasteiger partial charge is 0.00741 e. The fourth-order valence-electron chi connectivity index (χ4n) is 2.41. The van der Waals surface area contributed by atoms with E-state index in [0.717, 1.165) is 19.4 Å². The van der Waals surface area contributed by atoms with Crippen LogP contribution >= 0.6 is 0 Å². The van der Waals surface area contributed by atoms with E-state index in [0.29, 0.717) is 0 Å². The van der Waals surface area contributed by atoms with E-state index in [-0.39, 0.29) is 0 Å². The second-order valence-corrected chi connectivity index (χ2v) is 5.39. The quantitative estimate of drug-likeness (QED) is 0.780. The monoisotopic (exact) mass is 267 g/mol. The zero-order valence-electron chi connectivity index (χ0n) is 12.4. The van der Waals surface area contributed by atoms with Crippen LogP contribution < -0.4 is 5.73 Å². The SMILES string of the molecule is CCCCc1ccc(-c2ccc(CCCN)cc2)cc1. The third kappa shape index (κ3) is 4.21. The molecule has 2 aromatic carbocycles. The van der Waals surface area contributed by atoms with Crippen molar-refractivity contribution in [3.05, 3.63) is 59.7 Å². The molecule has 2 N–H and O–H groups in total. The molecule has 0 amide bonds. The van der Waals surface area contributed by atoms with Gasteiger partial charge in [0.25, 0.3) is 0 Å². The van der Waals surface area contributed by atoms with Crippen molar-refractivity contribution >= 4 is 0 Å². The van der Waals surface area contributed by atoms with Crippen LogP contribution in [0.3, 0.4) is 0 Å². The molecule has 0 saturated carbocycles. The molecule has 0 bridgehead atoms. The Balaban J connectivity index is 2.03. The van der Waals surface area contributed by atoms with Gasteiger partial charge in [-0.3, -0.25) is 0 Å². The van der Waals surface area contributed by atoms with Crippen molar-refractivity contribution in [2.24, 2.45) is 5.73 Å². The molecular weight excluding hydrogens is 242 g/mol. The van der Waals surface area contributed by atoms with E-state index >= 15 is 0 Å². The number of aryl methyl sites for hydroxylation is 2. The summed E-state index contributed by atoms with van der Waals surface area (Å²) < 4.78 is 0. The van der Waals surface area contributed by atoms with Gasteiger partial charge in [0.05, 0.1) is 0 Å². The van der Waals surface area contributed by atoms with Crippen molar-refractivity contribution in [2.45, 2.75) is 39.0 Å². The number of benzene rings is 2. The van der Waals surface area contributed by atoms with Crippen LogP contribution in [0.4, 0.5) is 0 Å². The Morgan fingerprint density at radius 2 is 1.15 bits per heavy atom. The van der Waals surface area contributed by atoms with Gasteiger partial charge in [-0.15, -0.1) is 0 Å². The largest absolute Gasteiger partial charge is 0.330 e. The first-order valence-electron chi connectivity index (χ1n) is 7.72. The lowest BCUT2D eigenvalue weighted by Gasteiger charge is -2.06. The summed E-state index contributed by atoms with van der Waals surface area (Å²) in [6.07, 6.45) is 5.86. The van der Waals surface area contributed by atoms with E-state index in [1.165, 1.54) is 41.5 Å². The normalized spacial score (nSPS) is 10.7. The fraction of sp³-hybridized carbons (Fsp3) is 0.368. The van der Waals surface area contributed by atoms with Gasteiger partial charge in [0.1, 0.15) is 0 Å². The molecule has 0 heterocycles. The van der Waals surface area contributed by atoms with E-state index in [2.05, 4.69) is 55.5 Å². The minimum Gasteiger partial charge on any atom is -0.330 e. The van der Waals surface area contributed by atoms with Crippen molar-refractivity contribution in [2.75, 3.05) is 6.54 Å². The van der Waals surface area contributed by atoms with Crippen molar-refractivity contribution in [1.82, 2.24) is 0 Å². The van der Waals surface area contributed by atoms with Gasteiger partial charge in [-0.1, -0.05) is 61.9 Å². The Morgan fingerprint density at radius 1 is 0.700 bits per heavy atom. The van der Waals surface area contributed by atoms with Gasteiger partial charge in [-0.25, -0.2) is 0 Å². The molecule has 1 nitrogen and oxygen atoms in total. The lowest BCUT2D eigenvalue weighted by atomic mass is 10.00. The van der Waals surface area contributed by atoms with Crippen LogP contribution in [0.5, 0.6) is 0 Å². The van der Waals surface area contributed by atoms with Crippen LogP contribution in [0.1, 0.15) is 37.3 Å². The molecule has 0 spiro atoms. The summed E-state index contributed by atoms with van der Waals surface area (Å²) in [5, 5.41) is 0. The Bertz CT molecular complexity index is 447. The molecule has 0 fully saturated rings. The summed E-state index contributed by atoms with van der Waals surface area (Å²) >= 11 is 0. The van der Waals surface area contributed by atoms with E-state index in [1.54, 1.807) is 0 Å². The summed E-state index contributed by atoms with van der Waals surface area (Å²) in [7, 11) is 0. The highest BCUT2D eigenvalue weighted by Crippen LogP contribution is 2.21. The summed E-state index contributed by atoms with van der Waals surface area (Å²) in [6.45, 7) is 3.00. The predicted octanol–water partition coefficient (Wildman–Crippen LogP) is 4.59. The van der Waals surface area contributed by atoms with Gasteiger partial charge < -0.3 is 5.73 Å². The van der Waals surface area contributed by atoms with Crippen molar-refractivity contribution in [1.29, 1.82) is 0 Å². The summed E-state index contributed by atoms with van der Waals surface area (Å²) in [5.74, 6) is 0. The Kier molecular flexibility index (Phi) is 5.82. The average molecular weight is 267 g/mol. The van der Waals surface area contributed by atoms with Crippen LogP contribution in [0, 0.1) is 0 Å². The van der Waals surface area contributed by atoms with Gasteiger partial charge in [0.15, 0.2) is 0 Å². The van der Waals surface area contributed by atoms with Crippen LogP contribution in [-0.2, 0) is 12.8 Å². The first kappa shape index (κ1) is 14.8. The highest BCUT2D eigenvalue weighted by molar-refractivity contribution is 5.63. The average Bonchev–Trinajstić information content (AvgIpc) is 2.52. The minimum atomic E-state index is 0.765. The Labute approximate surface area is 122 Å². The van der Waals surface area contributed by atoms with Crippen LogP contribution in [0.25, 0.3) is 11.1 Å². The maximum atomic E-state index is 5.55. The molecule has 0 saturated heterocycles. The van der Waals surface area contributed by atoms with Gasteiger partial charge in [0, 0.05) is 0 Å². The molecule has 0 unspecified atom stereocenters. The lowest BCUT2D eigenvalue weighted by molar-refractivity contribution is 0.795. The Morgan fingerprint density at radius 3 is 1.55 bits per heavy atom. The Hall–Kier alpha value is -1.60. The summed E-state index contributed by atoms with van der Waals surface area (Å²) in [6, 6.07) is 17.9. The molecule has 0 atom stereocenters. The number of unbranched alkanes of at least 4 members (excludes halogenated alkanes) is 1. The zero-order chi connectivity index (χ0) is 14.2. The van der Waals surface area contributed by atoms with Gasteiger partial charge in [-0.2, -0.15) is 0 Å². The molecule has 0 aliphatic carbocycles. The molecule has 2 rings (SSSR count). The number of nitrogens with two attached hydrogens (primary N) is 1. The fourth-order valence-corrected chi connectivity index (χ4v) is 2.41. The third-order valence-electron chi connectivity index (χ3n) is 3.73. The van der Waals surface area contributed by atoms with Crippen molar-refractivity contribution < 1.29 is 0 Å². The second kappa shape index (κ2) is 7.86. The van der Waals surface area contributed by atoms with Crippen molar-refractivity contribution in [3.8, 4) is 11.1 Å². The molecule has 0 aromatic heterocycles. The minimum absolute atomic E-state index is 0.765. The van der Waals surface area contributed by atoms with Crippen molar-refractivity contribution in [3.63, 3.8) is 0 Å². The van der Waals surface area contributed by atoms with Crippen LogP contribution in [0.15, 0.2) is 48.5 Å². The summed E-state index contributed by atoms with van der Waals surface area (Å²) in [4.78, 5) is 0. The third-order valence-corrected chi connectivity index (χ3v) is 3.73. The van der Waals surface area contributed by atoms with Crippen LogP contribution in [0.2, 0.25) is 0 Å². The van der Waals surface area contributed by atoms with E-state index < -0.39 is 0 Å². The van der Waals surface area contributed by atoms with Crippen LogP contribution in [-0.4, -0.2) is 6.54 Å². The zero-order valence-corrected chi connectivity index (χ0v) is 12.4. The molecule has 106 valence electrons. The maximum absolute atomic E-state index is 5.55. The maximum Gasteiger partial charge on any atom is -0.00741 e. The highest BCUT2D eigenvalue weighted by Gasteiger charge is 1.99. The second-order valence-electron chi connectivity index (χ2n) is 5.39. The molecule has 2 aromatic rings. The molecule has 0 aliphatic heterocycles. The first-order valence-corrected chi connectivity index (χ1v) is 7.72. The molecule has 0 radical (unpaired) electrons. The van der Waals surface area contributed by atoms with E-state index in [4.69, 9.17) is 5.73 Å². The molecular formula is C19H25N. The van der Waals surface area contributed by atoms with Gasteiger partial charge in [0.2, 0.25) is 0 Å². The van der Waals surface area contributed by atoms with E-state index in [9.17, 15) is 0 Å². The number of rotatable bonds is 7. The number of hydrogen-bond donors (Lipinski definition) is 1. The number of hydrogen-bond acceptors (Lipinski definition) is 1. The topological polar surface area (TPSA) is 26.0 Å². The molecule has 1 heteroatoms. The van der Waals surface area contributed by atoms with Gasteiger partial charge >= 0.3 is 0 Å². The predicted molar refractivity (Wildman–Crippen MR) is 87.9 cm³/mol. The summed E-state index contributed by atoms with van der Waals surface area (Å²) in [5.41, 5.74) is 11.0. The first-order chi connectivity index (χ1) is 9.83. The standard InChI is InChI=1S/C19H25N/c1-2-3-5-16-7-11-18(12-8-16)19-13-9-17(10-14-19)6-4-15-20/h7-14H,2-6,15,20H2,1H3. The van der Waals surface area contributed by atoms with Gasteiger partial charge in [-0.05, 0) is 54.5 Å². The lowest BCUT2D eigenvalue weighted by Crippen LogP contribution is -2.00. The highest BCUT2D eigenvalue weighted by atomic mass is 14.5.